The maximum absolute atomic E-state index is 10.4. The zero-order valence-corrected chi connectivity index (χ0v) is 73.4. The largest absolute Gasteiger partial charge is 0.394 e. The first-order valence-electron chi connectivity index (χ1n) is 43.3. The minimum absolute atomic E-state index is 0.0615. The monoisotopic (exact) mass is 1580 g/mol. The summed E-state index contributed by atoms with van der Waals surface area (Å²) in [5, 5.41) is 135. The van der Waals surface area contributed by atoms with Crippen molar-refractivity contribution in [2.24, 2.45) is 27.1 Å². The smallest absolute Gasteiger partial charge is 0.100 e. The maximum Gasteiger partial charge on any atom is 0.100 e. The zero-order chi connectivity index (χ0) is 83.6. The van der Waals surface area contributed by atoms with E-state index in [1.165, 1.54) is 70.6 Å². The molecule has 22 heteroatoms. The molecule has 3 fully saturated rings. The van der Waals surface area contributed by atoms with Crippen molar-refractivity contribution in [3.8, 4) is 0 Å². The highest BCUT2D eigenvalue weighted by Crippen LogP contribution is 2.40. The average Bonchev–Trinajstić information content (AvgIpc) is 1.69. The first-order valence-corrected chi connectivity index (χ1v) is 43.3. The van der Waals surface area contributed by atoms with Crippen LogP contribution in [-0.2, 0) is 37.9 Å². The summed E-state index contributed by atoms with van der Waals surface area (Å²) in [6, 6.07) is 0. The summed E-state index contributed by atoms with van der Waals surface area (Å²) in [7, 11) is 0. The Labute approximate surface area is 665 Å². The molecule has 21 atom stereocenters. The van der Waals surface area contributed by atoms with Gasteiger partial charge in [0.2, 0.25) is 0 Å². The minimum Gasteiger partial charge on any atom is -0.394 e. The highest BCUT2D eigenvalue weighted by Gasteiger charge is 2.47. The van der Waals surface area contributed by atoms with Gasteiger partial charge >= 0.3 is 0 Å². The molecule has 0 aromatic rings. The van der Waals surface area contributed by atoms with E-state index in [0.29, 0.717) is 32.3 Å². The second kappa shape index (κ2) is 61.4. The maximum atomic E-state index is 10.4. The molecule has 0 bridgehead atoms. The Morgan fingerprint density at radius 2 is 0.780 bits per heavy atom. The highest BCUT2D eigenvalue weighted by molar-refractivity contribution is 4.96. The Bertz CT molecular complexity index is 2040. The summed E-state index contributed by atoms with van der Waals surface area (Å²) in [5.41, 5.74) is -0.762. The molecule has 0 spiro atoms. The summed E-state index contributed by atoms with van der Waals surface area (Å²) in [5.74, 6) is 0. The van der Waals surface area contributed by atoms with Crippen LogP contribution in [0.3, 0.4) is 0 Å². The van der Waals surface area contributed by atoms with Crippen molar-refractivity contribution in [3.05, 3.63) is 0 Å². The summed E-state index contributed by atoms with van der Waals surface area (Å²) in [4.78, 5) is 0. The van der Waals surface area contributed by atoms with Gasteiger partial charge in [-0.3, -0.25) is 0 Å². The van der Waals surface area contributed by atoms with Gasteiger partial charge in [0.1, 0.15) is 24.4 Å². The summed E-state index contributed by atoms with van der Waals surface area (Å²) < 4.78 is 47.1. The lowest BCUT2D eigenvalue weighted by molar-refractivity contribution is -0.130. The summed E-state index contributed by atoms with van der Waals surface area (Å²) >= 11 is 0. The van der Waals surface area contributed by atoms with Crippen molar-refractivity contribution >= 4 is 0 Å². The number of aliphatic hydroxyl groups is 14. The predicted octanol–water partition coefficient (Wildman–Crippen LogP) is 13.2. The molecule has 3 rings (SSSR count). The van der Waals surface area contributed by atoms with Crippen molar-refractivity contribution in [2.45, 2.75) is 473 Å². The molecular weight excluding hydrogens is 1400 g/mol. The van der Waals surface area contributed by atoms with E-state index in [2.05, 4.69) is 96.9 Å². The van der Waals surface area contributed by atoms with E-state index in [1.54, 1.807) is 0 Å². The number of ether oxygens (including phenoxy) is 8. The number of hydrogen-bond donors (Lipinski definition) is 14. The zero-order valence-electron chi connectivity index (χ0n) is 73.4. The molecular formula is C87H178O22. The van der Waals surface area contributed by atoms with Gasteiger partial charge in [-0.05, 0) is 65.6 Å². The Morgan fingerprint density at radius 3 is 1.24 bits per heavy atom. The summed E-state index contributed by atoms with van der Waals surface area (Å²) in [6.07, 6.45) is 24.1. The number of unbranched alkanes of at least 4 members (excludes halogenated alkanes) is 17. The number of aliphatic hydroxyl groups excluding tert-OH is 14. The molecule has 0 saturated carbocycles. The summed E-state index contributed by atoms with van der Waals surface area (Å²) in [6.45, 7) is 43.1. The van der Waals surface area contributed by atoms with Crippen LogP contribution in [0.5, 0.6) is 0 Å². The van der Waals surface area contributed by atoms with Gasteiger partial charge in [-0.15, -0.1) is 0 Å². The van der Waals surface area contributed by atoms with Crippen LogP contribution in [-0.4, -0.2) is 259 Å². The number of hydrogen-bond acceptors (Lipinski definition) is 22. The van der Waals surface area contributed by atoms with Crippen LogP contribution in [0.2, 0.25) is 0 Å². The van der Waals surface area contributed by atoms with Gasteiger partial charge in [0, 0.05) is 19.3 Å². The topological polar surface area (TPSA) is 357 Å². The van der Waals surface area contributed by atoms with Crippen molar-refractivity contribution in [1.29, 1.82) is 0 Å². The van der Waals surface area contributed by atoms with E-state index in [4.69, 9.17) is 58.3 Å². The molecule has 0 aromatic carbocycles. The van der Waals surface area contributed by atoms with Gasteiger partial charge in [0.25, 0.3) is 0 Å². The lowest BCUT2D eigenvalue weighted by Crippen LogP contribution is -2.42. The van der Waals surface area contributed by atoms with Crippen LogP contribution in [0.25, 0.3) is 0 Å². The fourth-order valence-electron chi connectivity index (χ4n) is 13.9. The van der Waals surface area contributed by atoms with Gasteiger partial charge in [-0.1, -0.05) is 287 Å². The SMILES string of the molecule is CCCCCC(O)C1CC(OCC(O)CO)C(C(C)(C)C)O1.CCCCCC(OCC(O)CO)C1CC(O)C(C(C)(C)C)O1.CCCCCC1OC(C(OCC(O)CC)C(C)(C)C)CC1O.CCCCCCCCC(O)C(OCC(O)CO)C(C)(C)C.CCCCCCCCCC(OCC(O)CO)C(O)C(C)(C)C. The lowest BCUT2D eigenvalue weighted by Gasteiger charge is -2.35. The van der Waals surface area contributed by atoms with E-state index in [0.717, 1.165) is 103 Å². The third-order valence-electron chi connectivity index (χ3n) is 20.7. The predicted molar refractivity (Wildman–Crippen MR) is 438 cm³/mol. The van der Waals surface area contributed by atoms with E-state index < -0.39 is 61.0 Å². The van der Waals surface area contributed by atoms with E-state index in [1.807, 2.05) is 48.5 Å². The molecule has 3 aliphatic rings. The Balaban J connectivity index is 0. The highest BCUT2D eigenvalue weighted by atomic mass is 16.6. The van der Waals surface area contributed by atoms with E-state index >= 15 is 0 Å². The Hall–Kier alpha value is -0.880. The fraction of sp³-hybridized carbons (Fsp3) is 1.00. The van der Waals surface area contributed by atoms with Crippen molar-refractivity contribution in [2.75, 3.05) is 59.5 Å². The van der Waals surface area contributed by atoms with Gasteiger partial charge in [-0.25, -0.2) is 0 Å². The third-order valence-corrected chi connectivity index (χ3v) is 20.7. The van der Waals surface area contributed by atoms with Crippen LogP contribution in [0.4, 0.5) is 0 Å². The molecule has 22 nitrogen and oxygen atoms in total. The third kappa shape index (κ3) is 51.2. The quantitative estimate of drug-likeness (QED) is 0.0252. The van der Waals surface area contributed by atoms with Crippen LogP contribution >= 0.6 is 0 Å². The normalized spacial score (nSPS) is 24.0. The molecule has 3 heterocycles. The Morgan fingerprint density at radius 1 is 0.367 bits per heavy atom. The Kier molecular flexibility index (Phi) is 62.1. The van der Waals surface area contributed by atoms with E-state index in [9.17, 15) is 51.1 Å². The van der Waals surface area contributed by atoms with Gasteiger partial charge in [0.05, 0.1) is 163 Å². The molecule has 0 amide bonds. The fourth-order valence-corrected chi connectivity index (χ4v) is 13.9. The molecule has 0 aromatic heterocycles. The first kappa shape index (κ1) is 110. The van der Waals surface area contributed by atoms with Crippen LogP contribution in [0.15, 0.2) is 0 Å². The molecule has 3 saturated heterocycles. The molecule has 109 heavy (non-hydrogen) atoms. The second-order valence-electron chi connectivity index (χ2n) is 37.1. The van der Waals surface area contributed by atoms with Crippen molar-refractivity contribution in [3.63, 3.8) is 0 Å². The molecule has 21 unspecified atom stereocenters. The number of rotatable bonds is 52. The van der Waals surface area contributed by atoms with E-state index in [-0.39, 0.29) is 147 Å². The molecule has 658 valence electrons. The van der Waals surface area contributed by atoms with Gasteiger partial charge < -0.3 is 109 Å². The molecule has 0 aliphatic carbocycles. The van der Waals surface area contributed by atoms with Crippen LogP contribution < -0.4 is 0 Å². The van der Waals surface area contributed by atoms with Crippen LogP contribution in [0.1, 0.15) is 344 Å². The molecule has 3 aliphatic heterocycles. The van der Waals surface area contributed by atoms with Crippen molar-refractivity contribution < 1.29 is 109 Å². The first-order chi connectivity index (χ1) is 51.0. The van der Waals surface area contributed by atoms with Crippen molar-refractivity contribution in [1.82, 2.24) is 0 Å². The lowest BCUT2D eigenvalue weighted by atomic mass is 9.84. The van der Waals surface area contributed by atoms with Gasteiger partial charge in [0.15, 0.2) is 0 Å². The molecule has 0 radical (unpaired) electrons. The average molecular weight is 1580 g/mol. The molecule has 14 N–H and O–H groups in total. The minimum atomic E-state index is -0.879. The van der Waals surface area contributed by atoms with Gasteiger partial charge in [-0.2, -0.15) is 0 Å². The second-order valence-corrected chi connectivity index (χ2v) is 37.1. The van der Waals surface area contributed by atoms with Crippen LogP contribution in [0, 0.1) is 27.1 Å². The standard InChI is InChI=1S/C18H36O4.C18H38O4.2C17H34O5.C17H36O4/c1-6-8-9-10-15-14(20)11-16(22-15)17(18(3,4)5)21-12-13(19)7-2;1-5-6-7-8-9-10-11-12-16(17(21)18(2,3)4)22-14-15(20)13-19;1-5-6-7-8-14(21-11-12(19)10-18)15-9-13(20)16(22-15)17(2,3)4;1-5-6-7-8-13(20)14-9-15(21-11-12(19)10-18)16(22-14)17(2,3)4;1-5-6-7-8-9-10-11-15(20)16(17(2,3)4)21-13-14(19)12-18/h13-17,19-20H,6-12H2,1-5H3;15-17,19-21H,5-14H2,1-4H3;2*12-16,18-20H,5-11H2,1-4H3;14-16,18-20H,5-13H2,1-4H3.